The molecule has 2 rings (SSSR count). The van der Waals surface area contributed by atoms with Gasteiger partial charge in [0, 0.05) is 12.2 Å². The van der Waals surface area contributed by atoms with Gasteiger partial charge >= 0.3 is 0 Å². The zero-order valence-corrected chi connectivity index (χ0v) is 14.5. The fourth-order valence-corrected chi connectivity index (χ4v) is 2.50. The van der Waals surface area contributed by atoms with Gasteiger partial charge in [0.1, 0.15) is 0 Å². The summed E-state index contributed by atoms with van der Waals surface area (Å²) in [5.41, 5.74) is 3.75. The van der Waals surface area contributed by atoms with Crippen LogP contribution >= 0.6 is 12.2 Å². The molecule has 0 radical (unpaired) electrons. The van der Waals surface area contributed by atoms with Gasteiger partial charge in [0.25, 0.3) is 0 Å². The standard InChI is InChI=1S/C19H21N3S/c1-19(2,3)16-10-9-15(12-20)11-17(16)22-18(23)21-13-14-7-5-4-6-8-14/h4-11H,13H2,1-3H3,(H2,21,22,23). The van der Waals surface area contributed by atoms with Crippen LogP contribution in [-0.4, -0.2) is 5.11 Å². The fraction of sp³-hybridized carbons (Fsp3) is 0.263. The first-order valence-electron chi connectivity index (χ1n) is 7.53. The second-order valence-electron chi connectivity index (χ2n) is 6.42. The van der Waals surface area contributed by atoms with E-state index in [-0.39, 0.29) is 5.41 Å². The van der Waals surface area contributed by atoms with Gasteiger partial charge in [-0.2, -0.15) is 5.26 Å². The monoisotopic (exact) mass is 323 g/mol. The van der Waals surface area contributed by atoms with E-state index in [0.717, 1.165) is 11.3 Å². The largest absolute Gasteiger partial charge is 0.358 e. The molecule has 23 heavy (non-hydrogen) atoms. The number of hydrogen-bond acceptors (Lipinski definition) is 2. The first-order valence-corrected chi connectivity index (χ1v) is 7.94. The van der Waals surface area contributed by atoms with Crippen LogP contribution in [0.4, 0.5) is 5.69 Å². The minimum atomic E-state index is -0.0363. The number of thiocarbonyl (C=S) groups is 1. The third-order valence-electron chi connectivity index (χ3n) is 3.50. The summed E-state index contributed by atoms with van der Waals surface area (Å²) in [4.78, 5) is 0. The van der Waals surface area contributed by atoms with E-state index in [1.165, 1.54) is 5.56 Å². The Kier molecular flexibility index (Phi) is 5.36. The predicted molar refractivity (Wildman–Crippen MR) is 99.4 cm³/mol. The van der Waals surface area contributed by atoms with Crippen molar-refractivity contribution in [2.24, 2.45) is 0 Å². The van der Waals surface area contributed by atoms with Crippen molar-refractivity contribution in [2.45, 2.75) is 32.7 Å². The first-order chi connectivity index (χ1) is 10.9. The second-order valence-corrected chi connectivity index (χ2v) is 6.82. The summed E-state index contributed by atoms with van der Waals surface area (Å²) in [6.07, 6.45) is 0. The molecule has 0 saturated carbocycles. The third kappa shape index (κ3) is 4.80. The van der Waals surface area contributed by atoms with E-state index >= 15 is 0 Å². The van der Waals surface area contributed by atoms with Gasteiger partial charge in [-0.05, 0) is 40.9 Å². The Bertz CT molecular complexity index is 725. The number of rotatable bonds is 3. The van der Waals surface area contributed by atoms with Crippen LogP contribution in [0.3, 0.4) is 0 Å². The van der Waals surface area contributed by atoms with Gasteiger partial charge in [0.05, 0.1) is 11.6 Å². The predicted octanol–water partition coefficient (Wildman–Crippen LogP) is 4.34. The van der Waals surface area contributed by atoms with Crippen molar-refractivity contribution < 1.29 is 0 Å². The van der Waals surface area contributed by atoms with Crippen LogP contribution in [-0.2, 0) is 12.0 Å². The van der Waals surface area contributed by atoms with E-state index in [4.69, 9.17) is 17.5 Å². The molecule has 2 N–H and O–H groups in total. The van der Waals surface area contributed by atoms with Crippen LogP contribution in [0, 0.1) is 11.3 Å². The molecule has 0 atom stereocenters. The Balaban J connectivity index is 2.12. The molecular weight excluding hydrogens is 302 g/mol. The topological polar surface area (TPSA) is 47.9 Å². The molecule has 0 aromatic heterocycles. The molecule has 118 valence electrons. The maximum atomic E-state index is 9.12. The lowest BCUT2D eigenvalue weighted by molar-refractivity contribution is 0.592. The average molecular weight is 323 g/mol. The van der Waals surface area contributed by atoms with E-state index in [1.54, 1.807) is 0 Å². The van der Waals surface area contributed by atoms with Gasteiger partial charge in [-0.15, -0.1) is 0 Å². The highest BCUT2D eigenvalue weighted by Gasteiger charge is 2.18. The number of benzene rings is 2. The number of nitrogens with one attached hydrogen (secondary N) is 2. The van der Waals surface area contributed by atoms with Gasteiger partial charge in [-0.1, -0.05) is 57.2 Å². The highest BCUT2D eigenvalue weighted by molar-refractivity contribution is 7.80. The van der Waals surface area contributed by atoms with E-state index in [9.17, 15) is 0 Å². The van der Waals surface area contributed by atoms with E-state index in [1.807, 2.05) is 48.5 Å². The highest BCUT2D eigenvalue weighted by Crippen LogP contribution is 2.30. The maximum Gasteiger partial charge on any atom is 0.171 e. The molecule has 3 nitrogen and oxygen atoms in total. The molecule has 2 aromatic carbocycles. The van der Waals surface area contributed by atoms with Crippen molar-refractivity contribution in [1.82, 2.24) is 5.32 Å². The van der Waals surface area contributed by atoms with E-state index in [0.29, 0.717) is 17.2 Å². The minimum Gasteiger partial charge on any atom is -0.358 e. The number of anilines is 1. The van der Waals surface area contributed by atoms with Crippen LogP contribution in [0.5, 0.6) is 0 Å². The molecule has 0 heterocycles. The maximum absolute atomic E-state index is 9.12. The van der Waals surface area contributed by atoms with Crippen LogP contribution in [0.2, 0.25) is 0 Å². The first kappa shape index (κ1) is 17.0. The van der Waals surface area contributed by atoms with Crippen LogP contribution in [0.25, 0.3) is 0 Å². The molecule has 0 aliphatic heterocycles. The van der Waals surface area contributed by atoms with Crippen molar-refractivity contribution in [3.8, 4) is 6.07 Å². The van der Waals surface area contributed by atoms with E-state index in [2.05, 4.69) is 37.5 Å². The lowest BCUT2D eigenvalue weighted by Crippen LogP contribution is -2.29. The summed E-state index contributed by atoms with van der Waals surface area (Å²) >= 11 is 5.39. The van der Waals surface area contributed by atoms with Crippen LogP contribution in [0.15, 0.2) is 48.5 Å². The number of nitrogens with zero attached hydrogens (tertiary/aromatic N) is 1. The Morgan fingerprint density at radius 1 is 1.13 bits per heavy atom. The Labute approximate surface area is 143 Å². The van der Waals surface area contributed by atoms with Crippen LogP contribution in [0.1, 0.15) is 37.5 Å². The zero-order valence-electron chi connectivity index (χ0n) is 13.7. The summed E-state index contributed by atoms with van der Waals surface area (Å²) in [5, 5.41) is 16.1. The molecule has 0 aliphatic rings. The Hall–Kier alpha value is -2.38. The highest BCUT2D eigenvalue weighted by atomic mass is 32.1. The summed E-state index contributed by atoms with van der Waals surface area (Å²) in [6.45, 7) is 7.08. The SMILES string of the molecule is CC(C)(C)c1ccc(C#N)cc1NC(=S)NCc1ccccc1. The fourth-order valence-electron chi connectivity index (χ4n) is 2.32. The van der Waals surface area contributed by atoms with Gasteiger partial charge < -0.3 is 10.6 Å². The summed E-state index contributed by atoms with van der Waals surface area (Å²) in [6, 6.07) is 17.9. The third-order valence-corrected chi connectivity index (χ3v) is 3.75. The molecule has 0 unspecified atom stereocenters. The van der Waals surface area contributed by atoms with Crippen molar-refractivity contribution in [3.63, 3.8) is 0 Å². The molecule has 2 aromatic rings. The molecule has 0 fully saturated rings. The van der Waals surface area contributed by atoms with Crippen molar-refractivity contribution in [2.75, 3.05) is 5.32 Å². The molecular formula is C19H21N3S. The molecule has 0 aliphatic carbocycles. The molecule has 0 spiro atoms. The van der Waals surface area contributed by atoms with Gasteiger partial charge in [-0.3, -0.25) is 0 Å². The van der Waals surface area contributed by atoms with Crippen molar-refractivity contribution in [1.29, 1.82) is 5.26 Å². The summed E-state index contributed by atoms with van der Waals surface area (Å²) in [5.74, 6) is 0. The zero-order chi connectivity index (χ0) is 16.9. The number of hydrogen-bond donors (Lipinski definition) is 2. The Morgan fingerprint density at radius 3 is 2.43 bits per heavy atom. The summed E-state index contributed by atoms with van der Waals surface area (Å²) < 4.78 is 0. The number of nitriles is 1. The molecule has 0 bridgehead atoms. The molecule has 4 heteroatoms. The smallest absolute Gasteiger partial charge is 0.171 e. The van der Waals surface area contributed by atoms with Gasteiger partial charge in [0.15, 0.2) is 5.11 Å². The quantitative estimate of drug-likeness (QED) is 0.825. The lowest BCUT2D eigenvalue weighted by Gasteiger charge is -2.24. The molecule has 0 amide bonds. The van der Waals surface area contributed by atoms with E-state index < -0.39 is 0 Å². The minimum absolute atomic E-state index is 0.0363. The lowest BCUT2D eigenvalue weighted by atomic mass is 9.85. The molecule has 0 saturated heterocycles. The van der Waals surface area contributed by atoms with Gasteiger partial charge in [-0.25, -0.2) is 0 Å². The van der Waals surface area contributed by atoms with Gasteiger partial charge in [0.2, 0.25) is 0 Å². The average Bonchev–Trinajstić information content (AvgIpc) is 2.52. The van der Waals surface area contributed by atoms with Crippen LogP contribution < -0.4 is 10.6 Å². The normalized spacial score (nSPS) is 10.7. The second kappa shape index (κ2) is 7.26. The van der Waals surface area contributed by atoms with Crippen molar-refractivity contribution >= 4 is 23.0 Å². The summed E-state index contributed by atoms with van der Waals surface area (Å²) in [7, 11) is 0. The van der Waals surface area contributed by atoms with Crippen molar-refractivity contribution in [3.05, 3.63) is 65.2 Å². The Morgan fingerprint density at radius 2 is 1.83 bits per heavy atom.